The van der Waals surface area contributed by atoms with E-state index >= 15 is 0 Å². The zero-order valence-corrected chi connectivity index (χ0v) is 10.1. The number of fused-ring (bicyclic) bond motifs is 1. The minimum atomic E-state index is 0.214. The van der Waals surface area contributed by atoms with Gasteiger partial charge in [-0.2, -0.15) is 0 Å². The zero-order chi connectivity index (χ0) is 11.7. The molecule has 2 aromatic rings. The smallest absolute Gasteiger partial charge is 0.134 e. The number of carbonyl (C=O) groups is 1. The molecule has 0 aliphatic rings. The van der Waals surface area contributed by atoms with E-state index in [1.807, 2.05) is 0 Å². The number of hydrogen-bond donors (Lipinski definition) is 0. The molecule has 2 heteroatoms. The maximum atomic E-state index is 11.1. The first kappa shape index (κ1) is 10.9. The van der Waals surface area contributed by atoms with Crippen molar-refractivity contribution in [1.82, 2.24) is 4.57 Å². The third-order valence-electron chi connectivity index (χ3n) is 2.94. The molecule has 0 saturated heterocycles. The lowest BCUT2D eigenvalue weighted by atomic mass is 10.1. The van der Waals surface area contributed by atoms with Crippen molar-refractivity contribution in [1.29, 1.82) is 0 Å². The molecule has 0 aliphatic carbocycles. The summed E-state index contributed by atoms with van der Waals surface area (Å²) in [5.41, 5.74) is 3.64. The summed E-state index contributed by atoms with van der Waals surface area (Å²) in [7, 11) is 0. The van der Waals surface area contributed by atoms with Gasteiger partial charge in [-0.05, 0) is 44.5 Å². The van der Waals surface area contributed by atoms with Gasteiger partial charge in [0.2, 0.25) is 0 Å². The Bertz CT molecular complexity index is 537. The van der Waals surface area contributed by atoms with Crippen LogP contribution in [-0.4, -0.2) is 10.4 Å². The van der Waals surface area contributed by atoms with Crippen LogP contribution >= 0.6 is 0 Å². The molecule has 0 aliphatic heterocycles. The number of benzene rings is 1. The van der Waals surface area contributed by atoms with Crippen molar-refractivity contribution in [3.8, 4) is 0 Å². The van der Waals surface area contributed by atoms with Crippen molar-refractivity contribution in [2.24, 2.45) is 0 Å². The van der Waals surface area contributed by atoms with Gasteiger partial charge in [-0.1, -0.05) is 6.07 Å². The molecule has 0 fully saturated rings. The Kier molecular flexibility index (Phi) is 2.82. The fraction of sp³-hybridized carbons (Fsp3) is 0.357. The summed E-state index contributed by atoms with van der Waals surface area (Å²) < 4.78 is 2.28. The standard InChI is InChI=1S/C14H17NO/c1-4-15-10(2)7-13-9-12(8-11(3)16)5-6-14(13)15/h5-7,9H,4,8H2,1-3H3. The first-order chi connectivity index (χ1) is 7.61. The molecule has 1 aromatic heterocycles. The van der Waals surface area contributed by atoms with Crippen LogP contribution in [0.2, 0.25) is 0 Å². The molecule has 0 amide bonds. The van der Waals surface area contributed by atoms with Gasteiger partial charge in [-0.15, -0.1) is 0 Å². The fourth-order valence-corrected chi connectivity index (χ4v) is 2.28. The quantitative estimate of drug-likeness (QED) is 0.771. The molecule has 0 bridgehead atoms. The van der Waals surface area contributed by atoms with Crippen LogP contribution in [0.3, 0.4) is 0 Å². The maximum absolute atomic E-state index is 11.1. The van der Waals surface area contributed by atoms with Gasteiger partial charge < -0.3 is 4.57 Å². The van der Waals surface area contributed by atoms with Crippen molar-refractivity contribution >= 4 is 16.7 Å². The van der Waals surface area contributed by atoms with Crippen molar-refractivity contribution in [2.75, 3.05) is 0 Å². The second-order valence-corrected chi connectivity index (χ2v) is 4.30. The van der Waals surface area contributed by atoms with Crippen molar-refractivity contribution < 1.29 is 4.79 Å². The maximum Gasteiger partial charge on any atom is 0.134 e. The van der Waals surface area contributed by atoms with Crippen LogP contribution in [0, 0.1) is 6.92 Å². The van der Waals surface area contributed by atoms with E-state index in [2.05, 4.69) is 42.7 Å². The fourth-order valence-electron chi connectivity index (χ4n) is 2.28. The Morgan fingerprint density at radius 2 is 2.06 bits per heavy atom. The number of rotatable bonds is 3. The van der Waals surface area contributed by atoms with E-state index in [9.17, 15) is 4.79 Å². The second-order valence-electron chi connectivity index (χ2n) is 4.30. The number of nitrogens with zero attached hydrogens (tertiary/aromatic N) is 1. The molecule has 16 heavy (non-hydrogen) atoms. The molecule has 1 aromatic carbocycles. The molecule has 0 atom stereocenters. The molecular formula is C14H17NO. The molecule has 0 N–H and O–H groups in total. The summed E-state index contributed by atoms with van der Waals surface area (Å²) in [5, 5.41) is 1.23. The lowest BCUT2D eigenvalue weighted by molar-refractivity contribution is -0.116. The molecule has 0 radical (unpaired) electrons. The topological polar surface area (TPSA) is 22.0 Å². The Labute approximate surface area is 95.9 Å². The van der Waals surface area contributed by atoms with Crippen LogP contribution in [-0.2, 0) is 17.8 Å². The predicted octanol–water partition coefficient (Wildman–Crippen LogP) is 3.10. The Balaban J connectivity index is 2.51. The Morgan fingerprint density at radius 3 is 2.69 bits per heavy atom. The third-order valence-corrected chi connectivity index (χ3v) is 2.94. The average molecular weight is 215 g/mol. The summed E-state index contributed by atoms with van der Waals surface area (Å²) >= 11 is 0. The van der Waals surface area contributed by atoms with Gasteiger partial charge in [-0.3, -0.25) is 4.79 Å². The van der Waals surface area contributed by atoms with Gasteiger partial charge in [0, 0.05) is 29.6 Å². The van der Waals surface area contributed by atoms with Crippen LogP contribution in [0.15, 0.2) is 24.3 Å². The zero-order valence-electron chi connectivity index (χ0n) is 10.1. The lowest BCUT2D eigenvalue weighted by Gasteiger charge is -2.04. The summed E-state index contributed by atoms with van der Waals surface area (Å²) in [5.74, 6) is 0.214. The number of Topliss-reactive ketones (excluding diaryl/α,β-unsaturated/α-hetero) is 1. The van der Waals surface area contributed by atoms with Crippen LogP contribution in [0.5, 0.6) is 0 Å². The monoisotopic (exact) mass is 215 g/mol. The molecule has 2 nitrogen and oxygen atoms in total. The average Bonchev–Trinajstić information content (AvgIpc) is 2.51. The highest BCUT2D eigenvalue weighted by Gasteiger charge is 2.05. The van der Waals surface area contributed by atoms with Crippen molar-refractivity contribution in [2.45, 2.75) is 33.7 Å². The molecule has 2 rings (SSSR count). The predicted molar refractivity (Wildman–Crippen MR) is 66.7 cm³/mol. The van der Waals surface area contributed by atoms with Crippen LogP contribution in [0.25, 0.3) is 10.9 Å². The van der Waals surface area contributed by atoms with E-state index < -0.39 is 0 Å². The number of ketones is 1. The SMILES string of the molecule is CCn1c(C)cc2cc(CC(C)=O)ccc21. The summed E-state index contributed by atoms with van der Waals surface area (Å²) in [4.78, 5) is 11.1. The van der Waals surface area contributed by atoms with Gasteiger partial charge in [0.15, 0.2) is 0 Å². The summed E-state index contributed by atoms with van der Waals surface area (Å²) in [6.07, 6.45) is 0.534. The minimum Gasteiger partial charge on any atom is -0.345 e. The van der Waals surface area contributed by atoms with Crippen LogP contribution in [0.4, 0.5) is 0 Å². The highest BCUT2D eigenvalue weighted by atomic mass is 16.1. The number of aromatic nitrogens is 1. The van der Waals surface area contributed by atoms with Crippen LogP contribution in [0.1, 0.15) is 25.1 Å². The number of hydrogen-bond acceptors (Lipinski definition) is 1. The molecular weight excluding hydrogens is 198 g/mol. The molecule has 0 unspecified atom stereocenters. The van der Waals surface area contributed by atoms with Gasteiger partial charge in [0.25, 0.3) is 0 Å². The highest BCUT2D eigenvalue weighted by molar-refractivity contribution is 5.84. The van der Waals surface area contributed by atoms with E-state index in [1.165, 1.54) is 16.6 Å². The van der Waals surface area contributed by atoms with Gasteiger partial charge in [0.1, 0.15) is 5.78 Å². The molecule has 84 valence electrons. The first-order valence-corrected chi connectivity index (χ1v) is 5.70. The normalized spacial score (nSPS) is 10.9. The van der Waals surface area contributed by atoms with E-state index in [1.54, 1.807) is 6.92 Å². The van der Waals surface area contributed by atoms with E-state index in [-0.39, 0.29) is 5.78 Å². The second kappa shape index (κ2) is 4.12. The Morgan fingerprint density at radius 1 is 1.31 bits per heavy atom. The third kappa shape index (κ3) is 1.87. The van der Waals surface area contributed by atoms with Gasteiger partial charge in [0.05, 0.1) is 0 Å². The van der Waals surface area contributed by atoms with Gasteiger partial charge >= 0.3 is 0 Å². The van der Waals surface area contributed by atoms with E-state index in [4.69, 9.17) is 0 Å². The van der Waals surface area contributed by atoms with Crippen LogP contribution < -0.4 is 0 Å². The summed E-state index contributed by atoms with van der Waals surface area (Å²) in [6.45, 7) is 6.89. The highest BCUT2D eigenvalue weighted by Crippen LogP contribution is 2.21. The molecule has 0 saturated carbocycles. The first-order valence-electron chi connectivity index (χ1n) is 5.70. The van der Waals surface area contributed by atoms with Crippen molar-refractivity contribution in [3.05, 3.63) is 35.5 Å². The number of carbonyl (C=O) groups excluding carboxylic acids is 1. The minimum absolute atomic E-state index is 0.214. The van der Waals surface area contributed by atoms with Gasteiger partial charge in [-0.25, -0.2) is 0 Å². The van der Waals surface area contributed by atoms with E-state index in [0.29, 0.717) is 6.42 Å². The lowest BCUT2D eigenvalue weighted by Crippen LogP contribution is -1.97. The van der Waals surface area contributed by atoms with E-state index in [0.717, 1.165) is 12.1 Å². The summed E-state index contributed by atoms with van der Waals surface area (Å²) in [6, 6.07) is 8.47. The number of aryl methyl sites for hydroxylation is 2. The molecule has 0 spiro atoms. The largest absolute Gasteiger partial charge is 0.345 e. The van der Waals surface area contributed by atoms with Crippen molar-refractivity contribution in [3.63, 3.8) is 0 Å². The Hall–Kier alpha value is -1.57. The molecule has 1 heterocycles.